The van der Waals surface area contributed by atoms with Gasteiger partial charge >= 0.3 is 0 Å². The van der Waals surface area contributed by atoms with Crippen LogP contribution in [0.2, 0.25) is 0 Å². The van der Waals surface area contributed by atoms with Gasteiger partial charge in [-0.15, -0.1) is 0 Å². The first-order valence-electron chi connectivity index (χ1n) is 6.75. The van der Waals surface area contributed by atoms with Crippen LogP contribution in [0.1, 0.15) is 27.7 Å². The molecule has 3 rings (SSSR count). The molecular formula is C16H21N3. The van der Waals surface area contributed by atoms with Crippen LogP contribution >= 0.6 is 0 Å². The molecule has 1 heterocycles. The number of nitrogens with one attached hydrogen (secondary N) is 1. The van der Waals surface area contributed by atoms with E-state index in [0.717, 1.165) is 22.3 Å². The smallest absolute Gasteiger partial charge is 0.0743 e. The van der Waals surface area contributed by atoms with Gasteiger partial charge in [-0.2, -0.15) is 0 Å². The molecule has 3 heteroatoms. The van der Waals surface area contributed by atoms with Crippen molar-refractivity contribution < 1.29 is 0 Å². The number of aromatic nitrogens is 1. The predicted octanol–water partition coefficient (Wildman–Crippen LogP) is 3.66. The van der Waals surface area contributed by atoms with E-state index >= 15 is 0 Å². The summed E-state index contributed by atoms with van der Waals surface area (Å²) in [5.41, 5.74) is 9.40. The number of nitrogens with two attached hydrogens (primary N) is 1. The molecule has 3 nitrogen and oxygen atoms in total. The first kappa shape index (κ1) is 12.3. The maximum Gasteiger partial charge on any atom is 0.0743 e. The molecule has 3 N–H and O–H groups in total. The third-order valence-electron chi connectivity index (χ3n) is 5.11. The van der Waals surface area contributed by atoms with Crippen molar-refractivity contribution in [3.05, 3.63) is 30.5 Å². The van der Waals surface area contributed by atoms with Crippen LogP contribution in [0.4, 0.5) is 11.4 Å². The Morgan fingerprint density at radius 3 is 2.37 bits per heavy atom. The van der Waals surface area contributed by atoms with E-state index in [1.807, 2.05) is 18.2 Å². The molecule has 0 spiro atoms. The Kier molecular flexibility index (Phi) is 2.34. The summed E-state index contributed by atoms with van der Waals surface area (Å²) in [6, 6.07) is 8.55. The fraction of sp³-hybridized carbons (Fsp3) is 0.438. The average Bonchev–Trinajstić information content (AvgIpc) is 2.74. The lowest BCUT2D eigenvalue weighted by Gasteiger charge is -2.13. The minimum absolute atomic E-state index is 0.282. The molecule has 0 atom stereocenters. The first-order valence-corrected chi connectivity index (χ1v) is 6.75. The molecule has 0 saturated heterocycles. The van der Waals surface area contributed by atoms with Crippen molar-refractivity contribution in [3.8, 4) is 0 Å². The summed E-state index contributed by atoms with van der Waals surface area (Å²) in [6.07, 6.45) is 1.74. The number of anilines is 2. The van der Waals surface area contributed by atoms with Crippen LogP contribution in [0, 0.1) is 10.8 Å². The normalized spacial score (nSPS) is 20.4. The van der Waals surface area contributed by atoms with Crippen molar-refractivity contribution in [1.82, 2.24) is 4.98 Å². The third-order valence-corrected chi connectivity index (χ3v) is 5.11. The molecule has 1 aliphatic rings. The average molecular weight is 255 g/mol. The Morgan fingerprint density at radius 2 is 1.74 bits per heavy atom. The number of pyridine rings is 1. The number of fused-ring (bicyclic) bond motifs is 1. The second-order valence-corrected chi connectivity index (χ2v) is 6.63. The van der Waals surface area contributed by atoms with E-state index in [9.17, 15) is 0 Å². The minimum Gasteiger partial charge on any atom is -0.396 e. The molecule has 1 fully saturated rings. The monoisotopic (exact) mass is 255 g/mol. The van der Waals surface area contributed by atoms with Gasteiger partial charge in [0.2, 0.25) is 0 Å². The van der Waals surface area contributed by atoms with Crippen molar-refractivity contribution in [2.75, 3.05) is 11.1 Å². The highest BCUT2D eigenvalue weighted by atomic mass is 15.1. The number of benzene rings is 1. The molecule has 2 aromatic rings. The minimum atomic E-state index is 0.282. The zero-order valence-corrected chi connectivity index (χ0v) is 12.0. The van der Waals surface area contributed by atoms with Gasteiger partial charge in [0.05, 0.1) is 23.1 Å². The van der Waals surface area contributed by atoms with E-state index in [-0.39, 0.29) is 10.8 Å². The maximum atomic E-state index is 6.11. The lowest BCUT2D eigenvalue weighted by atomic mass is 10.0. The lowest BCUT2D eigenvalue weighted by Crippen LogP contribution is -2.12. The van der Waals surface area contributed by atoms with Gasteiger partial charge in [0, 0.05) is 11.4 Å². The van der Waals surface area contributed by atoms with Gasteiger partial charge < -0.3 is 11.1 Å². The van der Waals surface area contributed by atoms with Gasteiger partial charge in [0.15, 0.2) is 0 Å². The molecule has 0 amide bonds. The summed E-state index contributed by atoms with van der Waals surface area (Å²) >= 11 is 0. The summed E-state index contributed by atoms with van der Waals surface area (Å²) in [5.74, 6) is 0. The number of hydrogen-bond donors (Lipinski definition) is 2. The number of nitrogens with zero attached hydrogens (tertiary/aromatic N) is 1. The Bertz CT molecular complexity index is 629. The lowest BCUT2D eigenvalue weighted by molar-refractivity contribution is 0.457. The van der Waals surface area contributed by atoms with Crippen molar-refractivity contribution in [2.45, 2.75) is 33.7 Å². The molecule has 1 aromatic heterocycles. The molecule has 1 aliphatic carbocycles. The van der Waals surface area contributed by atoms with Crippen LogP contribution in [0.3, 0.4) is 0 Å². The zero-order chi connectivity index (χ0) is 13.8. The Balaban J connectivity index is 2.05. The molecule has 0 unspecified atom stereocenters. The van der Waals surface area contributed by atoms with Crippen molar-refractivity contribution in [2.24, 2.45) is 10.8 Å². The highest BCUT2D eigenvalue weighted by molar-refractivity contribution is 5.97. The molecule has 1 saturated carbocycles. The van der Waals surface area contributed by atoms with Crippen LogP contribution in [-0.4, -0.2) is 11.0 Å². The van der Waals surface area contributed by atoms with E-state index in [0.29, 0.717) is 6.04 Å². The zero-order valence-electron chi connectivity index (χ0n) is 12.0. The van der Waals surface area contributed by atoms with Gasteiger partial charge in [-0.25, -0.2) is 0 Å². The van der Waals surface area contributed by atoms with Crippen LogP contribution in [0.5, 0.6) is 0 Å². The van der Waals surface area contributed by atoms with Gasteiger partial charge in [-0.05, 0) is 16.9 Å². The first-order chi connectivity index (χ1) is 8.85. The van der Waals surface area contributed by atoms with Gasteiger partial charge in [-0.1, -0.05) is 45.9 Å². The molecule has 19 heavy (non-hydrogen) atoms. The Hall–Kier alpha value is -1.77. The second kappa shape index (κ2) is 3.62. The number of nitrogen functional groups attached to an aromatic ring is 1. The van der Waals surface area contributed by atoms with Crippen molar-refractivity contribution >= 4 is 22.3 Å². The molecule has 100 valence electrons. The summed E-state index contributed by atoms with van der Waals surface area (Å²) in [7, 11) is 0. The third kappa shape index (κ3) is 1.61. The van der Waals surface area contributed by atoms with Crippen LogP contribution < -0.4 is 11.1 Å². The van der Waals surface area contributed by atoms with Crippen LogP contribution in [-0.2, 0) is 0 Å². The Morgan fingerprint density at radius 1 is 1.11 bits per heavy atom. The summed E-state index contributed by atoms with van der Waals surface area (Å²) in [6.45, 7) is 9.18. The predicted molar refractivity (Wildman–Crippen MR) is 81.1 cm³/mol. The molecule has 0 bridgehead atoms. The second-order valence-electron chi connectivity index (χ2n) is 6.63. The van der Waals surface area contributed by atoms with E-state index in [1.54, 1.807) is 6.20 Å². The summed E-state index contributed by atoms with van der Waals surface area (Å²) in [4.78, 5) is 4.38. The van der Waals surface area contributed by atoms with Crippen LogP contribution in [0.25, 0.3) is 10.9 Å². The summed E-state index contributed by atoms with van der Waals surface area (Å²) < 4.78 is 0. The topological polar surface area (TPSA) is 50.9 Å². The number of para-hydroxylation sites is 1. The summed E-state index contributed by atoms with van der Waals surface area (Å²) in [5, 5.41) is 4.74. The molecule has 0 radical (unpaired) electrons. The van der Waals surface area contributed by atoms with Crippen molar-refractivity contribution in [1.29, 1.82) is 0 Å². The standard InChI is InChI=1S/C16H21N3/c1-15(2)14(16(15,3)4)19-13-10-7-5-6-8-12(10)18-9-11(13)17/h5-9,14H,17H2,1-4H3,(H,18,19). The van der Waals surface area contributed by atoms with Crippen molar-refractivity contribution in [3.63, 3.8) is 0 Å². The SMILES string of the molecule is CC1(C)C(Nc2c(N)cnc3ccccc23)C1(C)C. The Labute approximate surface area is 114 Å². The van der Waals surface area contributed by atoms with Gasteiger partial charge in [-0.3, -0.25) is 4.98 Å². The highest BCUT2D eigenvalue weighted by Gasteiger charge is 2.65. The van der Waals surface area contributed by atoms with E-state index in [2.05, 4.69) is 44.1 Å². The van der Waals surface area contributed by atoms with Crippen LogP contribution in [0.15, 0.2) is 30.5 Å². The number of hydrogen-bond acceptors (Lipinski definition) is 3. The van der Waals surface area contributed by atoms with E-state index in [4.69, 9.17) is 5.73 Å². The number of rotatable bonds is 2. The largest absolute Gasteiger partial charge is 0.396 e. The maximum absolute atomic E-state index is 6.11. The van der Waals surface area contributed by atoms with E-state index in [1.165, 1.54) is 0 Å². The molecular weight excluding hydrogens is 234 g/mol. The fourth-order valence-electron chi connectivity index (χ4n) is 3.02. The highest BCUT2D eigenvalue weighted by Crippen LogP contribution is 2.64. The quantitative estimate of drug-likeness (QED) is 0.861. The van der Waals surface area contributed by atoms with Gasteiger partial charge in [0.1, 0.15) is 0 Å². The molecule has 0 aliphatic heterocycles. The fourth-order valence-corrected chi connectivity index (χ4v) is 3.02. The van der Waals surface area contributed by atoms with E-state index < -0.39 is 0 Å². The van der Waals surface area contributed by atoms with Gasteiger partial charge in [0.25, 0.3) is 0 Å². The molecule has 1 aromatic carbocycles.